The van der Waals surface area contributed by atoms with Crippen molar-refractivity contribution in [3.8, 4) is 0 Å². The average molecular weight is 179 g/mol. The summed E-state index contributed by atoms with van der Waals surface area (Å²) in [5.41, 5.74) is 1.04. The largest absolute Gasteiger partial charge is 0.375 e. The molecule has 0 atom stereocenters. The fourth-order valence-corrected chi connectivity index (χ4v) is 0.958. The summed E-state index contributed by atoms with van der Waals surface area (Å²) >= 11 is 0. The van der Waals surface area contributed by atoms with Gasteiger partial charge in [0.15, 0.2) is 0 Å². The zero-order valence-electron chi connectivity index (χ0n) is 7.43. The molecule has 0 amide bonds. The fourth-order valence-electron chi connectivity index (χ4n) is 0.958. The van der Waals surface area contributed by atoms with Gasteiger partial charge in [-0.2, -0.15) is 0 Å². The highest BCUT2D eigenvalue weighted by atomic mass is 16.6. The normalized spacial score (nSPS) is 9.69. The number of rotatable bonds is 3. The number of hydrogen-bond donors (Lipinski definition) is 0. The van der Waals surface area contributed by atoms with Gasteiger partial charge in [-0.3, -0.25) is 10.1 Å². The average Bonchev–Trinajstić information content (AvgIpc) is 2.17. The van der Waals surface area contributed by atoms with Gasteiger partial charge in [0.2, 0.25) is 0 Å². The van der Waals surface area contributed by atoms with E-state index in [2.05, 4.69) is 6.92 Å². The third-order valence-electron chi connectivity index (χ3n) is 1.84. The predicted molar refractivity (Wildman–Crippen MR) is 51.7 cm³/mol. The van der Waals surface area contributed by atoms with E-state index in [4.69, 9.17) is 0 Å². The van der Waals surface area contributed by atoms with Crippen LogP contribution < -0.4 is 4.90 Å². The van der Waals surface area contributed by atoms with E-state index >= 15 is 0 Å². The number of nitrogens with zero attached hydrogens (tertiary/aromatic N) is 2. The first-order chi connectivity index (χ1) is 6.15. The second-order valence-corrected chi connectivity index (χ2v) is 2.70. The number of benzene rings is 1. The van der Waals surface area contributed by atoms with E-state index in [-0.39, 0.29) is 5.69 Å². The highest BCUT2D eigenvalue weighted by Crippen LogP contribution is 2.17. The fraction of sp³-hybridized carbons (Fsp3) is 0.222. The summed E-state index contributed by atoms with van der Waals surface area (Å²) in [7, 11) is 1.88. The number of nitro benzene ring substituents is 1. The van der Waals surface area contributed by atoms with E-state index in [1.54, 1.807) is 12.1 Å². The Kier molecular flexibility index (Phi) is 2.84. The van der Waals surface area contributed by atoms with E-state index in [1.165, 1.54) is 12.1 Å². The molecular formula is C9H11N2O2. The van der Waals surface area contributed by atoms with Gasteiger partial charge in [0.1, 0.15) is 0 Å². The van der Waals surface area contributed by atoms with Crippen molar-refractivity contribution in [3.05, 3.63) is 41.3 Å². The van der Waals surface area contributed by atoms with Crippen LogP contribution in [0.5, 0.6) is 0 Å². The number of anilines is 1. The molecule has 0 unspecified atom stereocenters. The standard InChI is InChI=1S/C9H11N2O2/c1-3-10(2)8-4-6-9(7-5-8)11(12)13/h4-7H,1,3H2,2H3. The maximum absolute atomic E-state index is 10.3. The Morgan fingerprint density at radius 3 is 2.38 bits per heavy atom. The van der Waals surface area contributed by atoms with Crippen LogP contribution in [0.3, 0.4) is 0 Å². The summed E-state index contributed by atoms with van der Waals surface area (Å²) in [6, 6.07) is 6.40. The molecule has 0 N–H and O–H groups in total. The molecular weight excluding hydrogens is 168 g/mol. The minimum atomic E-state index is -0.409. The van der Waals surface area contributed by atoms with Gasteiger partial charge in [-0.15, -0.1) is 0 Å². The summed E-state index contributed by atoms with van der Waals surface area (Å²) in [5, 5.41) is 10.3. The lowest BCUT2D eigenvalue weighted by Gasteiger charge is -2.15. The molecule has 1 aromatic rings. The van der Waals surface area contributed by atoms with E-state index in [0.717, 1.165) is 5.69 Å². The van der Waals surface area contributed by atoms with Crippen LogP contribution in [0.25, 0.3) is 0 Å². The van der Waals surface area contributed by atoms with Crippen LogP contribution in [-0.4, -0.2) is 18.5 Å². The van der Waals surface area contributed by atoms with E-state index < -0.39 is 4.92 Å². The molecule has 1 aromatic carbocycles. The van der Waals surface area contributed by atoms with Gasteiger partial charge in [0.25, 0.3) is 5.69 Å². The molecule has 69 valence electrons. The molecule has 0 fully saturated rings. The van der Waals surface area contributed by atoms with Gasteiger partial charge in [-0.25, -0.2) is 0 Å². The van der Waals surface area contributed by atoms with Gasteiger partial charge in [-0.1, -0.05) is 0 Å². The summed E-state index contributed by atoms with van der Waals surface area (Å²) in [6.07, 6.45) is 0. The molecule has 0 heterocycles. The summed E-state index contributed by atoms with van der Waals surface area (Å²) in [4.78, 5) is 11.8. The van der Waals surface area contributed by atoms with E-state index in [9.17, 15) is 10.1 Å². The van der Waals surface area contributed by atoms with Gasteiger partial charge in [0.05, 0.1) is 4.92 Å². The molecule has 0 aliphatic rings. The van der Waals surface area contributed by atoms with Crippen LogP contribution in [0.1, 0.15) is 0 Å². The van der Waals surface area contributed by atoms with Crippen molar-refractivity contribution < 1.29 is 4.92 Å². The highest BCUT2D eigenvalue weighted by Gasteiger charge is 2.04. The van der Waals surface area contributed by atoms with Gasteiger partial charge >= 0.3 is 0 Å². The minimum absolute atomic E-state index is 0.112. The Morgan fingerprint density at radius 2 is 2.00 bits per heavy atom. The molecule has 1 radical (unpaired) electrons. The van der Waals surface area contributed by atoms with Crippen LogP contribution in [0, 0.1) is 17.0 Å². The zero-order chi connectivity index (χ0) is 9.84. The van der Waals surface area contributed by atoms with E-state index in [1.807, 2.05) is 11.9 Å². The van der Waals surface area contributed by atoms with Crippen molar-refractivity contribution in [1.29, 1.82) is 0 Å². The highest BCUT2D eigenvalue weighted by molar-refractivity contribution is 5.50. The van der Waals surface area contributed by atoms with Crippen molar-refractivity contribution >= 4 is 11.4 Å². The zero-order valence-corrected chi connectivity index (χ0v) is 7.43. The van der Waals surface area contributed by atoms with Crippen molar-refractivity contribution in [2.24, 2.45) is 0 Å². The molecule has 0 aliphatic heterocycles. The number of non-ortho nitro benzene ring substituents is 1. The molecule has 1 rings (SSSR count). The van der Waals surface area contributed by atoms with Crippen molar-refractivity contribution in [1.82, 2.24) is 0 Å². The molecule has 0 aliphatic carbocycles. The number of nitro groups is 1. The maximum atomic E-state index is 10.3. The van der Waals surface area contributed by atoms with Crippen LogP contribution in [0.2, 0.25) is 0 Å². The Morgan fingerprint density at radius 1 is 1.46 bits per heavy atom. The minimum Gasteiger partial charge on any atom is -0.375 e. The summed E-state index contributed by atoms with van der Waals surface area (Å²) in [5.74, 6) is 0. The Labute approximate surface area is 76.9 Å². The molecule has 13 heavy (non-hydrogen) atoms. The summed E-state index contributed by atoms with van der Waals surface area (Å²) < 4.78 is 0. The predicted octanol–water partition coefficient (Wildman–Crippen LogP) is 1.87. The lowest BCUT2D eigenvalue weighted by molar-refractivity contribution is -0.384. The second-order valence-electron chi connectivity index (χ2n) is 2.70. The molecule has 0 aromatic heterocycles. The molecule has 4 heteroatoms. The molecule has 0 spiro atoms. The molecule has 4 nitrogen and oxygen atoms in total. The Hall–Kier alpha value is -1.58. The first-order valence-electron chi connectivity index (χ1n) is 3.90. The molecule has 0 saturated carbocycles. The van der Waals surface area contributed by atoms with Crippen molar-refractivity contribution in [2.75, 3.05) is 18.5 Å². The maximum Gasteiger partial charge on any atom is 0.269 e. The third kappa shape index (κ3) is 2.18. The Bertz CT molecular complexity index is 295. The first-order valence-corrected chi connectivity index (χ1v) is 3.90. The van der Waals surface area contributed by atoms with Crippen LogP contribution in [0.15, 0.2) is 24.3 Å². The van der Waals surface area contributed by atoms with Gasteiger partial charge in [-0.05, 0) is 19.1 Å². The quantitative estimate of drug-likeness (QED) is 0.525. The number of hydrogen-bond acceptors (Lipinski definition) is 3. The van der Waals surface area contributed by atoms with Gasteiger partial charge in [0, 0.05) is 31.4 Å². The molecule has 0 saturated heterocycles. The van der Waals surface area contributed by atoms with Crippen LogP contribution in [-0.2, 0) is 0 Å². The van der Waals surface area contributed by atoms with Crippen LogP contribution in [0.4, 0.5) is 11.4 Å². The van der Waals surface area contributed by atoms with Gasteiger partial charge < -0.3 is 4.90 Å². The monoisotopic (exact) mass is 179 g/mol. The Balaban J connectivity index is 2.87. The molecule has 0 bridgehead atoms. The SMILES string of the molecule is [CH2]CN(C)c1ccc([N+](=O)[O-])cc1. The van der Waals surface area contributed by atoms with Crippen molar-refractivity contribution in [2.45, 2.75) is 0 Å². The van der Waals surface area contributed by atoms with Crippen molar-refractivity contribution in [3.63, 3.8) is 0 Å². The summed E-state index contributed by atoms with van der Waals surface area (Å²) in [6.45, 7) is 4.35. The topological polar surface area (TPSA) is 46.4 Å². The lowest BCUT2D eigenvalue weighted by Crippen LogP contribution is -2.15. The van der Waals surface area contributed by atoms with E-state index in [0.29, 0.717) is 6.54 Å². The second kappa shape index (κ2) is 3.89. The van der Waals surface area contributed by atoms with Crippen LogP contribution >= 0.6 is 0 Å². The third-order valence-corrected chi connectivity index (χ3v) is 1.84. The lowest BCUT2D eigenvalue weighted by atomic mass is 10.2. The first kappa shape index (κ1) is 9.51. The smallest absolute Gasteiger partial charge is 0.269 e.